The van der Waals surface area contributed by atoms with Crippen molar-refractivity contribution in [2.45, 2.75) is 6.92 Å². The number of fused-ring (bicyclic) bond motifs is 3. The molecule has 0 unspecified atom stereocenters. The van der Waals surface area contributed by atoms with Crippen LogP contribution in [0.25, 0.3) is 21.7 Å². The Bertz CT molecular complexity index is 831. The molecule has 0 aliphatic heterocycles. The van der Waals surface area contributed by atoms with Gasteiger partial charge in [0.15, 0.2) is 5.78 Å². The summed E-state index contributed by atoms with van der Waals surface area (Å²) in [7, 11) is 0. The van der Waals surface area contributed by atoms with E-state index >= 15 is 0 Å². The molecule has 1 N–H and O–H groups in total. The van der Waals surface area contributed by atoms with Gasteiger partial charge in [-0.25, -0.2) is 0 Å². The third-order valence-corrected chi connectivity index (χ3v) is 3.14. The highest BCUT2D eigenvalue weighted by Gasteiger charge is 2.07. The third kappa shape index (κ3) is 1.52. The maximum Gasteiger partial charge on any atom is 0.256 e. The van der Waals surface area contributed by atoms with Crippen molar-refractivity contribution in [1.29, 1.82) is 0 Å². The molecule has 0 atom stereocenters. The number of carbonyl (C=O) groups is 1. The Morgan fingerprint density at radius 1 is 1.00 bits per heavy atom. The van der Waals surface area contributed by atoms with Crippen LogP contribution < -0.4 is 5.56 Å². The predicted octanol–water partition coefficient (Wildman–Crippen LogP) is 2.88. The molecule has 3 aromatic rings. The summed E-state index contributed by atoms with van der Waals surface area (Å²) < 4.78 is 0. The highest BCUT2D eigenvalue weighted by Crippen LogP contribution is 2.21. The molecule has 0 saturated heterocycles. The van der Waals surface area contributed by atoms with E-state index in [4.69, 9.17) is 0 Å². The Morgan fingerprint density at radius 3 is 2.56 bits per heavy atom. The van der Waals surface area contributed by atoms with Crippen LogP contribution >= 0.6 is 0 Å². The van der Waals surface area contributed by atoms with E-state index in [1.165, 1.54) is 6.92 Å². The van der Waals surface area contributed by atoms with Crippen LogP contribution in [0.1, 0.15) is 17.3 Å². The number of carbonyl (C=O) groups excluding carboxylic acids is 1. The zero-order valence-electron chi connectivity index (χ0n) is 9.86. The number of benzene rings is 2. The molecule has 0 amide bonds. The molecule has 3 nitrogen and oxygen atoms in total. The molecule has 18 heavy (non-hydrogen) atoms. The van der Waals surface area contributed by atoms with E-state index < -0.39 is 0 Å². The second-order valence-electron chi connectivity index (χ2n) is 4.32. The van der Waals surface area contributed by atoms with E-state index in [0.29, 0.717) is 10.9 Å². The first-order valence-corrected chi connectivity index (χ1v) is 5.72. The van der Waals surface area contributed by atoms with E-state index in [0.717, 1.165) is 16.3 Å². The Morgan fingerprint density at radius 2 is 1.78 bits per heavy atom. The number of H-pyrrole nitrogens is 1. The lowest BCUT2D eigenvalue weighted by atomic mass is 10.0. The van der Waals surface area contributed by atoms with E-state index in [9.17, 15) is 9.59 Å². The molecule has 0 saturated carbocycles. The smallest absolute Gasteiger partial charge is 0.256 e. The van der Waals surface area contributed by atoms with E-state index in [-0.39, 0.29) is 11.3 Å². The average Bonchev–Trinajstić information content (AvgIpc) is 2.38. The number of aromatic nitrogens is 1. The molecule has 0 aliphatic carbocycles. The summed E-state index contributed by atoms with van der Waals surface area (Å²) in [6.07, 6.45) is 0. The molecule has 0 bridgehead atoms. The molecule has 0 fully saturated rings. The molecule has 2 aromatic carbocycles. The first-order valence-electron chi connectivity index (χ1n) is 5.72. The lowest BCUT2D eigenvalue weighted by molar-refractivity contribution is 0.101. The van der Waals surface area contributed by atoms with Gasteiger partial charge in [0, 0.05) is 21.9 Å². The second-order valence-corrected chi connectivity index (χ2v) is 4.32. The van der Waals surface area contributed by atoms with Gasteiger partial charge in [0.05, 0.1) is 0 Å². The standard InChI is InChI=1S/C15H11NO2/c1-9(17)10-6-7-11-12-4-2-3-5-14(12)16-15(18)13(11)8-10/h2-8H,1H3,(H,16,18). The van der Waals surface area contributed by atoms with Gasteiger partial charge in [-0.2, -0.15) is 0 Å². The molecular weight excluding hydrogens is 226 g/mol. The Kier molecular flexibility index (Phi) is 2.27. The summed E-state index contributed by atoms with van der Waals surface area (Å²) >= 11 is 0. The minimum atomic E-state index is -0.160. The molecule has 88 valence electrons. The van der Waals surface area contributed by atoms with Crippen LogP contribution in [0, 0.1) is 0 Å². The number of rotatable bonds is 1. The maximum absolute atomic E-state index is 12.0. The molecule has 0 spiro atoms. The monoisotopic (exact) mass is 237 g/mol. The number of hydrogen-bond donors (Lipinski definition) is 1. The lowest BCUT2D eigenvalue weighted by Crippen LogP contribution is -2.07. The van der Waals surface area contributed by atoms with Crippen LogP contribution in [0.15, 0.2) is 47.3 Å². The van der Waals surface area contributed by atoms with Gasteiger partial charge in [-0.05, 0) is 24.4 Å². The summed E-state index contributed by atoms with van der Waals surface area (Å²) in [6, 6.07) is 12.9. The van der Waals surface area contributed by atoms with Crippen LogP contribution in [0.3, 0.4) is 0 Å². The molecule has 0 radical (unpaired) electrons. The minimum Gasteiger partial charge on any atom is -0.321 e. The predicted molar refractivity (Wildman–Crippen MR) is 72.1 cm³/mol. The van der Waals surface area contributed by atoms with Gasteiger partial charge < -0.3 is 4.98 Å². The van der Waals surface area contributed by atoms with Crippen LogP contribution in [0.5, 0.6) is 0 Å². The zero-order valence-corrected chi connectivity index (χ0v) is 9.86. The normalized spacial score (nSPS) is 10.9. The fraction of sp³-hybridized carbons (Fsp3) is 0.0667. The summed E-state index contributed by atoms with van der Waals surface area (Å²) in [4.78, 5) is 26.2. The Hall–Kier alpha value is -2.42. The van der Waals surface area contributed by atoms with Crippen molar-refractivity contribution in [3.05, 3.63) is 58.4 Å². The van der Waals surface area contributed by atoms with Crippen molar-refractivity contribution in [2.24, 2.45) is 0 Å². The van der Waals surface area contributed by atoms with Gasteiger partial charge in [-0.3, -0.25) is 9.59 Å². The van der Waals surface area contributed by atoms with Gasteiger partial charge >= 0.3 is 0 Å². The van der Waals surface area contributed by atoms with Crippen LogP contribution in [-0.4, -0.2) is 10.8 Å². The molecule has 3 rings (SSSR count). The van der Waals surface area contributed by atoms with Crippen molar-refractivity contribution in [2.75, 3.05) is 0 Å². The summed E-state index contributed by atoms with van der Waals surface area (Å²) in [6.45, 7) is 1.50. The lowest BCUT2D eigenvalue weighted by Gasteiger charge is -2.04. The number of pyridine rings is 1. The zero-order chi connectivity index (χ0) is 12.7. The number of aromatic amines is 1. The van der Waals surface area contributed by atoms with Gasteiger partial charge in [0.1, 0.15) is 0 Å². The van der Waals surface area contributed by atoms with Gasteiger partial charge in [0.2, 0.25) is 0 Å². The largest absolute Gasteiger partial charge is 0.321 e. The number of hydrogen-bond acceptors (Lipinski definition) is 2. The molecule has 0 aliphatic rings. The first-order chi connectivity index (χ1) is 8.66. The van der Waals surface area contributed by atoms with Crippen molar-refractivity contribution >= 4 is 27.5 Å². The Balaban J connectivity index is 2.52. The highest BCUT2D eigenvalue weighted by molar-refractivity contribution is 6.07. The van der Waals surface area contributed by atoms with E-state index in [1.807, 2.05) is 30.3 Å². The van der Waals surface area contributed by atoms with Crippen molar-refractivity contribution in [1.82, 2.24) is 4.98 Å². The molecule has 1 heterocycles. The van der Waals surface area contributed by atoms with Crippen molar-refractivity contribution in [3.8, 4) is 0 Å². The molecule has 3 heteroatoms. The summed E-state index contributed by atoms with van der Waals surface area (Å²) in [5.74, 6) is -0.0375. The van der Waals surface area contributed by atoms with Gasteiger partial charge in [0.25, 0.3) is 5.56 Å². The average molecular weight is 237 g/mol. The van der Waals surface area contributed by atoms with Crippen LogP contribution in [0.4, 0.5) is 0 Å². The van der Waals surface area contributed by atoms with Crippen LogP contribution in [0.2, 0.25) is 0 Å². The fourth-order valence-corrected chi connectivity index (χ4v) is 2.20. The minimum absolute atomic E-state index is 0.0375. The third-order valence-electron chi connectivity index (χ3n) is 3.14. The van der Waals surface area contributed by atoms with Crippen molar-refractivity contribution < 1.29 is 4.79 Å². The molecular formula is C15H11NO2. The number of nitrogens with one attached hydrogen (secondary N) is 1. The summed E-state index contributed by atoms with van der Waals surface area (Å²) in [5, 5.41) is 2.42. The molecule has 1 aromatic heterocycles. The van der Waals surface area contributed by atoms with E-state index in [2.05, 4.69) is 4.98 Å². The quantitative estimate of drug-likeness (QED) is 0.522. The highest BCUT2D eigenvalue weighted by atomic mass is 16.1. The van der Waals surface area contributed by atoms with Crippen LogP contribution in [-0.2, 0) is 0 Å². The summed E-state index contributed by atoms with van der Waals surface area (Å²) in [5.41, 5.74) is 1.21. The van der Waals surface area contributed by atoms with Gasteiger partial charge in [-0.1, -0.05) is 30.3 Å². The number of para-hydroxylation sites is 1. The number of ketones is 1. The topological polar surface area (TPSA) is 49.9 Å². The Labute approximate surface area is 103 Å². The number of Topliss-reactive ketones (excluding diaryl/α,β-unsaturated/α-hetero) is 1. The first kappa shape index (κ1) is 10.7. The second kappa shape index (κ2) is 3.81. The maximum atomic E-state index is 12.0. The van der Waals surface area contributed by atoms with E-state index in [1.54, 1.807) is 12.1 Å². The van der Waals surface area contributed by atoms with Crippen molar-refractivity contribution in [3.63, 3.8) is 0 Å². The SMILES string of the molecule is CC(=O)c1ccc2c(c1)c(=O)[nH]c1ccccc12. The van der Waals surface area contributed by atoms with Gasteiger partial charge in [-0.15, -0.1) is 0 Å². The fourth-order valence-electron chi connectivity index (χ4n) is 2.20.